The minimum Gasteiger partial charge on any atom is -0.465 e. The first-order valence-electron chi connectivity index (χ1n) is 10.7. The maximum absolute atomic E-state index is 12.2. The third kappa shape index (κ3) is 3.19. The number of hydrogen-bond acceptors (Lipinski definition) is 2. The van der Waals surface area contributed by atoms with Crippen molar-refractivity contribution in [1.82, 2.24) is 14.5 Å². The maximum atomic E-state index is 12.2. The summed E-state index contributed by atoms with van der Waals surface area (Å²) in [6.45, 7) is 4.82. The number of nitrogens with one attached hydrogen (secondary N) is 1. The van der Waals surface area contributed by atoms with Gasteiger partial charge in [0, 0.05) is 59.3 Å². The van der Waals surface area contributed by atoms with Crippen LogP contribution < -0.4 is 5.56 Å². The van der Waals surface area contributed by atoms with E-state index in [1.165, 1.54) is 10.5 Å². The van der Waals surface area contributed by atoms with Crippen LogP contribution in [0.3, 0.4) is 0 Å². The van der Waals surface area contributed by atoms with Crippen LogP contribution in [0.1, 0.15) is 23.1 Å². The first-order valence-corrected chi connectivity index (χ1v) is 10.7. The van der Waals surface area contributed by atoms with Gasteiger partial charge in [-0.15, -0.1) is 0 Å². The number of pyridine rings is 1. The van der Waals surface area contributed by atoms with E-state index in [2.05, 4.69) is 41.4 Å². The van der Waals surface area contributed by atoms with Crippen LogP contribution in [0.15, 0.2) is 53.5 Å². The maximum Gasteiger partial charge on any atom is 0.407 e. The average molecular weight is 428 g/mol. The second kappa shape index (κ2) is 7.41. The van der Waals surface area contributed by atoms with Crippen molar-refractivity contribution < 1.29 is 9.90 Å². The zero-order valence-electron chi connectivity index (χ0n) is 18.4. The minimum atomic E-state index is -0.868. The van der Waals surface area contributed by atoms with Gasteiger partial charge >= 0.3 is 6.09 Å². The van der Waals surface area contributed by atoms with Crippen molar-refractivity contribution >= 4 is 33.5 Å². The highest BCUT2D eigenvalue weighted by Gasteiger charge is 2.17. The van der Waals surface area contributed by atoms with E-state index in [9.17, 15) is 9.59 Å². The summed E-state index contributed by atoms with van der Waals surface area (Å²) < 4.78 is 1.64. The quantitative estimate of drug-likeness (QED) is 0.469. The number of amides is 1. The summed E-state index contributed by atoms with van der Waals surface area (Å²) >= 11 is 0. The summed E-state index contributed by atoms with van der Waals surface area (Å²) in [6, 6.07) is 12.8. The molecule has 0 fully saturated rings. The van der Waals surface area contributed by atoms with E-state index in [0.29, 0.717) is 13.1 Å². The van der Waals surface area contributed by atoms with Gasteiger partial charge in [0.2, 0.25) is 0 Å². The summed E-state index contributed by atoms with van der Waals surface area (Å²) in [7, 11) is 1.79. The molecule has 5 rings (SSSR count). The molecule has 0 atom stereocenters. The number of carboxylic acid groups (broad SMARTS) is 1. The van der Waals surface area contributed by atoms with Crippen molar-refractivity contribution in [2.45, 2.75) is 20.3 Å². The van der Waals surface area contributed by atoms with Crippen LogP contribution in [0.5, 0.6) is 0 Å². The third-order valence-corrected chi connectivity index (χ3v) is 6.69. The largest absolute Gasteiger partial charge is 0.465 e. The molecule has 1 aliphatic heterocycles. The molecule has 0 spiro atoms. The molecule has 1 amide bonds. The molecule has 32 heavy (non-hydrogen) atoms. The molecule has 4 aromatic rings. The molecular weight excluding hydrogens is 402 g/mol. The average Bonchev–Trinajstić information content (AvgIpc) is 3.17. The van der Waals surface area contributed by atoms with Crippen LogP contribution in [-0.4, -0.2) is 38.7 Å². The van der Waals surface area contributed by atoms with Gasteiger partial charge in [-0.05, 0) is 60.7 Å². The topological polar surface area (TPSA) is 78.3 Å². The molecule has 2 N–H and O–H groups in total. The van der Waals surface area contributed by atoms with Crippen LogP contribution in [-0.2, 0) is 7.05 Å². The van der Waals surface area contributed by atoms with Gasteiger partial charge in [0.1, 0.15) is 0 Å². The van der Waals surface area contributed by atoms with Crippen molar-refractivity contribution in [3.05, 3.63) is 75.7 Å². The molecule has 2 aromatic carbocycles. The SMILES string of the molecule is Cc1c(-c2ccc3c(c2)[nH]c2ccc(C4=CCN(C(=O)O)CC4)cc23)cn(C)c(=O)c1C. The fourth-order valence-corrected chi connectivity index (χ4v) is 4.64. The van der Waals surface area contributed by atoms with Crippen molar-refractivity contribution in [2.75, 3.05) is 13.1 Å². The number of nitrogens with zero attached hydrogens (tertiary/aromatic N) is 2. The first kappa shape index (κ1) is 20.1. The molecule has 1 aliphatic rings. The van der Waals surface area contributed by atoms with E-state index in [0.717, 1.165) is 56.0 Å². The van der Waals surface area contributed by atoms with E-state index in [1.807, 2.05) is 26.1 Å². The van der Waals surface area contributed by atoms with Crippen molar-refractivity contribution in [3.8, 4) is 11.1 Å². The number of rotatable bonds is 2. The van der Waals surface area contributed by atoms with Gasteiger partial charge in [0.05, 0.1) is 0 Å². The highest BCUT2D eigenvalue weighted by Crippen LogP contribution is 2.33. The fourth-order valence-electron chi connectivity index (χ4n) is 4.64. The monoisotopic (exact) mass is 427 g/mol. The van der Waals surface area contributed by atoms with Crippen LogP contribution >= 0.6 is 0 Å². The van der Waals surface area contributed by atoms with Gasteiger partial charge in [-0.25, -0.2) is 4.79 Å². The lowest BCUT2D eigenvalue weighted by Gasteiger charge is -2.23. The minimum absolute atomic E-state index is 0.0361. The van der Waals surface area contributed by atoms with Gasteiger partial charge in [0.25, 0.3) is 5.56 Å². The number of carbonyl (C=O) groups is 1. The Kier molecular flexibility index (Phi) is 4.66. The lowest BCUT2D eigenvalue weighted by Crippen LogP contribution is -2.33. The number of aromatic nitrogens is 2. The van der Waals surface area contributed by atoms with Gasteiger partial charge < -0.3 is 19.6 Å². The number of benzene rings is 2. The molecule has 0 bridgehead atoms. The molecule has 2 aromatic heterocycles. The smallest absolute Gasteiger partial charge is 0.407 e. The first-order chi connectivity index (χ1) is 15.3. The molecule has 0 saturated heterocycles. The second-order valence-electron chi connectivity index (χ2n) is 8.56. The van der Waals surface area contributed by atoms with E-state index >= 15 is 0 Å². The van der Waals surface area contributed by atoms with Gasteiger partial charge in [-0.3, -0.25) is 4.79 Å². The molecule has 0 aliphatic carbocycles. The lowest BCUT2D eigenvalue weighted by atomic mass is 9.96. The van der Waals surface area contributed by atoms with Gasteiger partial charge in [-0.2, -0.15) is 0 Å². The molecule has 0 saturated carbocycles. The van der Waals surface area contributed by atoms with E-state index < -0.39 is 6.09 Å². The number of aryl methyl sites for hydroxylation is 1. The van der Waals surface area contributed by atoms with Crippen molar-refractivity contribution in [2.24, 2.45) is 7.05 Å². The Hall–Kier alpha value is -3.80. The molecular formula is C26H25N3O3. The normalized spacial score (nSPS) is 14.2. The molecule has 6 nitrogen and oxygen atoms in total. The zero-order valence-corrected chi connectivity index (χ0v) is 18.4. The summed E-state index contributed by atoms with van der Waals surface area (Å²) in [4.78, 5) is 28.4. The van der Waals surface area contributed by atoms with Crippen LogP contribution in [0.4, 0.5) is 4.79 Å². The van der Waals surface area contributed by atoms with E-state index in [-0.39, 0.29) is 5.56 Å². The summed E-state index contributed by atoms with van der Waals surface area (Å²) in [6.07, 6.45) is 3.77. The Morgan fingerprint density at radius 2 is 1.78 bits per heavy atom. The third-order valence-electron chi connectivity index (χ3n) is 6.69. The Morgan fingerprint density at radius 1 is 1.00 bits per heavy atom. The van der Waals surface area contributed by atoms with E-state index in [1.54, 1.807) is 11.6 Å². The van der Waals surface area contributed by atoms with Crippen molar-refractivity contribution in [3.63, 3.8) is 0 Å². The van der Waals surface area contributed by atoms with Crippen LogP contribution in [0.2, 0.25) is 0 Å². The predicted octanol–water partition coefficient (Wildman–Crippen LogP) is 5.07. The number of fused-ring (bicyclic) bond motifs is 3. The zero-order chi connectivity index (χ0) is 22.6. The molecule has 6 heteroatoms. The standard InChI is InChI=1S/C26H25N3O3/c1-15-16(2)25(30)28(3)14-22(15)19-4-6-20-21-12-18(5-7-23(21)27-24(20)13-19)17-8-10-29(11-9-17)26(31)32/h4-8,12-14,27H,9-11H2,1-3H3,(H,31,32). The van der Waals surface area contributed by atoms with Crippen LogP contribution in [0, 0.1) is 13.8 Å². The summed E-state index contributed by atoms with van der Waals surface area (Å²) in [5.41, 5.74) is 8.38. The Balaban J connectivity index is 1.57. The Labute approximate surface area is 185 Å². The van der Waals surface area contributed by atoms with Crippen molar-refractivity contribution in [1.29, 1.82) is 0 Å². The molecule has 0 unspecified atom stereocenters. The molecule has 3 heterocycles. The summed E-state index contributed by atoms with van der Waals surface area (Å²) in [5.74, 6) is 0. The molecule has 0 radical (unpaired) electrons. The highest BCUT2D eigenvalue weighted by molar-refractivity contribution is 6.09. The fraction of sp³-hybridized carbons (Fsp3) is 0.231. The number of H-pyrrole nitrogens is 1. The Morgan fingerprint density at radius 3 is 2.50 bits per heavy atom. The number of hydrogen-bond donors (Lipinski definition) is 2. The van der Waals surface area contributed by atoms with E-state index in [4.69, 9.17) is 5.11 Å². The predicted molar refractivity (Wildman–Crippen MR) is 128 cm³/mol. The number of aromatic amines is 1. The van der Waals surface area contributed by atoms with Crippen LogP contribution in [0.25, 0.3) is 38.5 Å². The summed E-state index contributed by atoms with van der Waals surface area (Å²) in [5, 5.41) is 11.5. The highest BCUT2D eigenvalue weighted by atomic mass is 16.4. The Bertz CT molecular complexity index is 1490. The molecule has 162 valence electrons. The van der Waals surface area contributed by atoms with Gasteiger partial charge in [0.15, 0.2) is 0 Å². The second-order valence-corrected chi connectivity index (χ2v) is 8.56. The van der Waals surface area contributed by atoms with Gasteiger partial charge in [-0.1, -0.05) is 24.3 Å². The lowest BCUT2D eigenvalue weighted by molar-refractivity contribution is 0.150.